The Morgan fingerprint density at radius 3 is 3.00 bits per heavy atom. The van der Waals surface area contributed by atoms with E-state index in [-0.39, 0.29) is 0 Å². The van der Waals surface area contributed by atoms with Gasteiger partial charge in [-0.05, 0) is 31.4 Å². The molecule has 2 aromatic rings. The van der Waals surface area contributed by atoms with Crippen LogP contribution in [0.15, 0.2) is 18.2 Å². The fraction of sp³-hybridized carbons (Fsp3) is 0.500. The topological polar surface area (TPSA) is 29.9 Å². The Morgan fingerprint density at radius 2 is 2.28 bits per heavy atom. The van der Waals surface area contributed by atoms with Crippen LogP contribution in [0, 0.1) is 0 Å². The lowest BCUT2D eigenvalue weighted by Crippen LogP contribution is -2.19. The zero-order valence-corrected chi connectivity index (χ0v) is 11.4. The van der Waals surface area contributed by atoms with Crippen LogP contribution in [0.3, 0.4) is 0 Å². The molecule has 1 aliphatic rings. The summed E-state index contributed by atoms with van der Waals surface area (Å²) in [7, 11) is 0. The van der Waals surface area contributed by atoms with Crippen molar-refractivity contribution in [3.8, 4) is 0 Å². The van der Waals surface area contributed by atoms with Crippen molar-refractivity contribution in [2.24, 2.45) is 0 Å². The summed E-state index contributed by atoms with van der Waals surface area (Å²) in [6.45, 7) is 4.00. The molecule has 1 aliphatic carbocycles. The minimum atomic E-state index is 0.704. The fourth-order valence-electron chi connectivity index (χ4n) is 2.31. The van der Waals surface area contributed by atoms with E-state index in [1.807, 2.05) is 18.2 Å². The van der Waals surface area contributed by atoms with E-state index in [1.54, 1.807) is 0 Å². The molecule has 0 spiro atoms. The number of benzene rings is 1. The number of fused-ring (bicyclic) bond motifs is 1. The molecular weight excluding hydrogens is 246 g/mol. The van der Waals surface area contributed by atoms with Crippen molar-refractivity contribution in [2.75, 3.05) is 0 Å². The van der Waals surface area contributed by atoms with Crippen LogP contribution in [0.4, 0.5) is 0 Å². The molecule has 0 saturated heterocycles. The Bertz CT molecular complexity index is 557. The highest BCUT2D eigenvalue weighted by atomic mass is 35.5. The first-order valence-electron chi connectivity index (χ1n) is 6.66. The number of imidazole rings is 1. The summed E-state index contributed by atoms with van der Waals surface area (Å²) in [5, 5.41) is 4.32. The Kier molecular flexibility index (Phi) is 3.27. The normalized spacial score (nSPS) is 15.4. The molecule has 0 unspecified atom stereocenters. The maximum atomic E-state index is 6.31. The second-order valence-electron chi connectivity index (χ2n) is 4.94. The zero-order valence-electron chi connectivity index (χ0n) is 10.6. The molecule has 3 nitrogen and oxygen atoms in total. The van der Waals surface area contributed by atoms with Gasteiger partial charge in [-0.15, -0.1) is 0 Å². The van der Waals surface area contributed by atoms with Crippen LogP contribution < -0.4 is 5.32 Å². The van der Waals surface area contributed by atoms with E-state index in [0.717, 1.165) is 41.4 Å². The van der Waals surface area contributed by atoms with Crippen molar-refractivity contribution < 1.29 is 0 Å². The molecule has 0 radical (unpaired) electrons. The maximum Gasteiger partial charge on any atom is 0.123 e. The van der Waals surface area contributed by atoms with E-state index in [1.165, 1.54) is 12.8 Å². The number of nitrogens with one attached hydrogen (secondary N) is 1. The molecule has 18 heavy (non-hydrogen) atoms. The third-order valence-corrected chi connectivity index (χ3v) is 3.67. The first-order valence-corrected chi connectivity index (χ1v) is 7.04. The Balaban J connectivity index is 1.99. The van der Waals surface area contributed by atoms with Crippen LogP contribution in [0.1, 0.15) is 32.0 Å². The van der Waals surface area contributed by atoms with E-state index in [2.05, 4.69) is 16.8 Å². The van der Waals surface area contributed by atoms with Gasteiger partial charge in [-0.1, -0.05) is 24.6 Å². The first-order chi connectivity index (χ1) is 8.79. The highest BCUT2D eigenvalue weighted by Crippen LogP contribution is 2.26. The quantitative estimate of drug-likeness (QED) is 0.897. The van der Waals surface area contributed by atoms with Gasteiger partial charge in [-0.3, -0.25) is 0 Å². The number of hydrogen-bond donors (Lipinski definition) is 1. The molecular formula is C14H18ClN3. The first kappa shape index (κ1) is 12.0. The molecule has 1 N–H and O–H groups in total. The largest absolute Gasteiger partial charge is 0.326 e. The summed E-state index contributed by atoms with van der Waals surface area (Å²) in [5.74, 6) is 1.10. The van der Waals surface area contributed by atoms with Crippen LogP contribution >= 0.6 is 11.6 Å². The van der Waals surface area contributed by atoms with E-state index in [4.69, 9.17) is 16.6 Å². The van der Waals surface area contributed by atoms with Crippen LogP contribution in [0.25, 0.3) is 11.0 Å². The second-order valence-corrected chi connectivity index (χ2v) is 5.35. The SMILES string of the molecule is CCCn1c(CNC2CC2)nc2cccc(Cl)c21. The lowest BCUT2D eigenvalue weighted by atomic mass is 10.3. The number of nitrogens with zero attached hydrogens (tertiary/aromatic N) is 2. The Hall–Kier alpha value is -1.06. The molecule has 4 heteroatoms. The summed E-state index contributed by atoms with van der Waals surface area (Å²) < 4.78 is 2.26. The Morgan fingerprint density at radius 1 is 1.44 bits per heavy atom. The van der Waals surface area contributed by atoms with Crippen LogP contribution in [0.2, 0.25) is 5.02 Å². The molecule has 0 atom stereocenters. The van der Waals surface area contributed by atoms with Gasteiger partial charge in [0.2, 0.25) is 0 Å². The maximum absolute atomic E-state index is 6.31. The molecule has 1 aromatic heterocycles. The average Bonchev–Trinajstić information content (AvgIpc) is 3.11. The lowest BCUT2D eigenvalue weighted by Gasteiger charge is -2.09. The van der Waals surface area contributed by atoms with Crippen molar-refractivity contribution in [3.05, 3.63) is 29.0 Å². The molecule has 0 aliphatic heterocycles. The fourth-order valence-corrected chi connectivity index (χ4v) is 2.58. The molecule has 96 valence electrons. The van der Waals surface area contributed by atoms with Gasteiger partial charge in [0, 0.05) is 12.6 Å². The van der Waals surface area contributed by atoms with Crippen LogP contribution in [-0.4, -0.2) is 15.6 Å². The van der Waals surface area contributed by atoms with Crippen LogP contribution in [-0.2, 0) is 13.1 Å². The minimum absolute atomic E-state index is 0.704. The smallest absolute Gasteiger partial charge is 0.123 e. The van der Waals surface area contributed by atoms with Gasteiger partial charge in [-0.25, -0.2) is 4.98 Å². The van der Waals surface area contributed by atoms with Crippen molar-refractivity contribution in [1.29, 1.82) is 0 Å². The third-order valence-electron chi connectivity index (χ3n) is 3.37. The highest BCUT2D eigenvalue weighted by molar-refractivity contribution is 6.35. The van der Waals surface area contributed by atoms with E-state index < -0.39 is 0 Å². The third kappa shape index (κ3) is 2.25. The average molecular weight is 264 g/mol. The van der Waals surface area contributed by atoms with E-state index >= 15 is 0 Å². The second kappa shape index (κ2) is 4.90. The monoisotopic (exact) mass is 263 g/mol. The van der Waals surface area contributed by atoms with Gasteiger partial charge in [0.25, 0.3) is 0 Å². The predicted octanol–water partition coefficient (Wildman–Crippen LogP) is 3.35. The molecule has 1 heterocycles. The summed E-state index contributed by atoms with van der Waals surface area (Å²) in [6.07, 6.45) is 3.69. The van der Waals surface area contributed by atoms with Crippen molar-refractivity contribution in [1.82, 2.24) is 14.9 Å². The molecule has 1 aromatic carbocycles. The molecule has 1 saturated carbocycles. The van der Waals surface area contributed by atoms with Gasteiger partial charge in [0.1, 0.15) is 5.82 Å². The van der Waals surface area contributed by atoms with Crippen LogP contribution in [0.5, 0.6) is 0 Å². The number of aromatic nitrogens is 2. The predicted molar refractivity (Wildman–Crippen MR) is 74.9 cm³/mol. The van der Waals surface area contributed by atoms with Gasteiger partial charge in [-0.2, -0.15) is 0 Å². The number of hydrogen-bond acceptors (Lipinski definition) is 2. The molecule has 3 rings (SSSR count). The van der Waals surface area contributed by atoms with E-state index in [0.29, 0.717) is 6.04 Å². The van der Waals surface area contributed by atoms with Gasteiger partial charge < -0.3 is 9.88 Å². The van der Waals surface area contributed by atoms with Crippen molar-refractivity contribution >= 4 is 22.6 Å². The molecule has 1 fully saturated rings. The number of para-hydroxylation sites is 1. The van der Waals surface area contributed by atoms with Gasteiger partial charge in [0.15, 0.2) is 0 Å². The van der Waals surface area contributed by atoms with Crippen molar-refractivity contribution in [3.63, 3.8) is 0 Å². The van der Waals surface area contributed by atoms with E-state index in [9.17, 15) is 0 Å². The Labute approximate surface area is 112 Å². The van der Waals surface area contributed by atoms with Gasteiger partial charge >= 0.3 is 0 Å². The summed E-state index contributed by atoms with van der Waals surface area (Å²) in [5.41, 5.74) is 2.08. The van der Waals surface area contributed by atoms with Crippen molar-refractivity contribution in [2.45, 2.75) is 45.3 Å². The number of halogens is 1. The summed E-state index contributed by atoms with van der Waals surface area (Å²) in [6, 6.07) is 6.64. The number of rotatable bonds is 5. The minimum Gasteiger partial charge on any atom is -0.326 e. The highest BCUT2D eigenvalue weighted by Gasteiger charge is 2.21. The molecule has 0 bridgehead atoms. The summed E-state index contributed by atoms with van der Waals surface area (Å²) >= 11 is 6.31. The zero-order chi connectivity index (χ0) is 12.5. The molecule has 0 amide bonds. The number of aryl methyl sites for hydroxylation is 1. The van der Waals surface area contributed by atoms with Gasteiger partial charge in [0.05, 0.1) is 22.6 Å². The lowest BCUT2D eigenvalue weighted by molar-refractivity contribution is 0.596. The standard InChI is InChI=1S/C14H18ClN3/c1-2-8-18-13(9-16-10-6-7-10)17-12-5-3-4-11(15)14(12)18/h3-5,10,16H,2,6-9H2,1H3. The summed E-state index contributed by atoms with van der Waals surface area (Å²) in [4.78, 5) is 4.71.